The average Bonchev–Trinajstić information content (AvgIpc) is 2.67. The van der Waals surface area contributed by atoms with Gasteiger partial charge in [0.15, 0.2) is 0 Å². The minimum atomic E-state index is -0.151. The van der Waals surface area contributed by atoms with Gasteiger partial charge in [0.25, 0.3) is 5.91 Å². The first-order valence-corrected chi connectivity index (χ1v) is 7.70. The highest BCUT2D eigenvalue weighted by Crippen LogP contribution is 2.26. The summed E-state index contributed by atoms with van der Waals surface area (Å²) >= 11 is 0. The SMILES string of the molecule is N#Cc1ccccc1-c1ccccc1C(=O)NCc1ccccc1. The molecule has 3 aromatic carbocycles. The zero-order valence-corrected chi connectivity index (χ0v) is 13.1. The van der Waals surface area contributed by atoms with Crippen LogP contribution in [0.25, 0.3) is 11.1 Å². The number of hydrogen-bond donors (Lipinski definition) is 1. The molecule has 0 fully saturated rings. The maximum Gasteiger partial charge on any atom is 0.252 e. The van der Waals surface area contributed by atoms with E-state index in [2.05, 4.69) is 11.4 Å². The molecular formula is C21H16N2O. The summed E-state index contributed by atoms with van der Waals surface area (Å²) in [6.07, 6.45) is 0. The van der Waals surface area contributed by atoms with E-state index < -0.39 is 0 Å². The molecule has 0 saturated carbocycles. The van der Waals surface area contributed by atoms with E-state index >= 15 is 0 Å². The van der Waals surface area contributed by atoms with Crippen molar-refractivity contribution >= 4 is 5.91 Å². The fourth-order valence-corrected chi connectivity index (χ4v) is 2.60. The van der Waals surface area contributed by atoms with Gasteiger partial charge in [0, 0.05) is 17.7 Å². The van der Waals surface area contributed by atoms with Crippen LogP contribution in [0.15, 0.2) is 78.9 Å². The number of rotatable bonds is 4. The number of carbonyl (C=O) groups excluding carboxylic acids is 1. The number of nitriles is 1. The predicted octanol–water partition coefficient (Wildman–Crippen LogP) is 4.16. The first-order chi connectivity index (χ1) is 11.8. The van der Waals surface area contributed by atoms with Gasteiger partial charge in [-0.1, -0.05) is 66.7 Å². The van der Waals surface area contributed by atoms with Crippen LogP contribution in [0, 0.1) is 11.3 Å². The van der Waals surface area contributed by atoms with Crippen molar-refractivity contribution in [2.45, 2.75) is 6.54 Å². The molecule has 116 valence electrons. The van der Waals surface area contributed by atoms with Crippen LogP contribution in [0.2, 0.25) is 0 Å². The lowest BCUT2D eigenvalue weighted by Crippen LogP contribution is -2.23. The van der Waals surface area contributed by atoms with E-state index in [0.717, 1.165) is 16.7 Å². The fraction of sp³-hybridized carbons (Fsp3) is 0.0476. The number of amides is 1. The summed E-state index contributed by atoms with van der Waals surface area (Å²) in [5.41, 5.74) is 3.70. The Morgan fingerprint density at radius 1 is 0.833 bits per heavy atom. The second-order valence-electron chi connectivity index (χ2n) is 5.37. The highest BCUT2D eigenvalue weighted by Gasteiger charge is 2.14. The Morgan fingerprint density at radius 3 is 2.21 bits per heavy atom. The van der Waals surface area contributed by atoms with Crippen LogP contribution in [0.3, 0.4) is 0 Å². The Morgan fingerprint density at radius 2 is 1.46 bits per heavy atom. The molecule has 0 unspecified atom stereocenters. The molecule has 0 bridgehead atoms. The number of carbonyl (C=O) groups is 1. The monoisotopic (exact) mass is 312 g/mol. The molecule has 24 heavy (non-hydrogen) atoms. The standard InChI is InChI=1S/C21H16N2O/c22-14-17-10-4-5-11-18(17)19-12-6-7-13-20(19)21(24)23-15-16-8-2-1-3-9-16/h1-13H,15H2,(H,23,24). The average molecular weight is 312 g/mol. The molecule has 0 aliphatic heterocycles. The summed E-state index contributed by atoms with van der Waals surface area (Å²) < 4.78 is 0. The van der Waals surface area contributed by atoms with Crippen LogP contribution in [0.5, 0.6) is 0 Å². The van der Waals surface area contributed by atoms with E-state index in [1.807, 2.05) is 66.7 Å². The maximum absolute atomic E-state index is 12.6. The molecular weight excluding hydrogens is 296 g/mol. The highest BCUT2D eigenvalue weighted by atomic mass is 16.1. The van der Waals surface area contributed by atoms with E-state index in [0.29, 0.717) is 17.7 Å². The minimum Gasteiger partial charge on any atom is -0.348 e. The largest absolute Gasteiger partial charge is 0.348 e. The van der Waals surface area contributed by atoms with Crippen LogP contribution in [0.4, 0.5) is 0 Å². The van der Waals surface area contributed by atoms with Crippen LogP contribution >= 0.6 is 0 Å². The summed E-state index contributed by atoms with van der Waals surface area (Å²) in [7, 11) is 0. The topological polar surface area (TPSA) is 52.9 Å². The van der Waals surface area contributed by atoms with Gasteiger partial charge in [0.1, 0.15) is 0 Å². The molecule has 3 nitrogen and oxygen atoms in total. The molecule has 3 aromatic rings. The number of benzene rings is 3. The zero-order chi connectivity index (χ0) is 16.8. The number of nitrogens with zero attached hydrogens (tertiary/aromatic N) is 1. The molecule has 1 N–H and O–H groups in total. The molecule has 3 rings (SSSR count). The van der Waals surface area contributed by atoms with Crippen molar-refractivity contribution in [2.75, 3.05) is 0 Å². The van der Waals surface area contributed by atoms with Gasteiger partial charge in [0.2, 0.25) is 0 Å². The summed E-state index contributed by atoms with van der Waals surface area (Å²) in [6.45, 7) is 0.466. The Balaban J connectivity index is 1.89. The van der Waals surface area contributed by atoms with Gasteiger partial charge in [0.05, 0.1) is 11.6 Å². The Labute approximate surface area is 141 Å². The van der Waals surface area contributed by atoms with Crippen molar-refractivity contribution < 1.29 is 4.79 Å². The van der Waals surface area contributed by atoms with E-state index in [1.165, 1.54) is 0 Å². The first kappa shape index (κ1) is 15.5. The van der Waals surface area contributed by atoms with Gasteiger partial charge in [-0.15, -0.1) is 0 Å². The Kier molecular flexibility index (Phi) is 4.69. The van der Waals surface area contributed by atoms with Gasteiger partial charge < -0.3 is 5.32 Å². The van der Waals surface area contributed by atoms with Crippen molar-refractivity contribution in [1.82, 2.24) is 5.32 Å². The summed E-state index contributed by atoms with van der Waals surface area (Å²) in [5, 5.41) is 12.3. The lowest BCUT2D eigenvalue weighted by Gasteiger charge is -2.11. The molecule has 0 heterocycles. The summed E-state index contributed by atoms with van der Waals surface area (Å²) in [5.74, 6) is -0.151. The van der Waals surface area contributed by atoms with Gasteiger partial charge in [-0.2, -0.15) is 5.26 Å². The van der Waals surface area contributed by atoms with Crippen molar-refractivity contribution in [3.63, 3.8) is 0 Å². The minimum absolute atomic E-state index is 0.151. The lowest BCUT2D eigenvalue weighted by atomic mass is 9.95. The fourth-order valence-electron chi connectivity index (χ4n) is 2.60. The third-order valence-electron chi connectivity index (χ3n) is 3.81. The van der Waals surface area contributed by atoms with Gasteiger partial charge in [-0.25, -0.2) is 0 Å². The van der Waals surface area contributed by atoms with Crippen molar-refractivity contribution in [1.29, 1.82) is 5.26 Å². The van der Waals surface area contributed by atoms with Crippen LogP contribution in [-0.4, -0.2) is 5.91 Å². The highest BCUT2D eigenvalue weighted by molar-refractivity contribution is 6.01. The van der Waals surface area contributed by atoms with Crippen molar-refractivity contribution in [3.05, 3.63) is 95.6 Å². The molecule has 0 aliphatic rings. The van der Waals surface area contributed by atoms with Crippen LogP contribution in [-0.2, 0) is 6.54 Å². The molecule has 1 amide bonds. The smallest absolute Gasteiger partial charge is 0.252 e. The second-order valence-corrected chi connectivity index (χ2v) is 5.37. The molecule has 0 atom stereocenters. The third kappa shape index (κ3) is 3.34. The van der Waals surface area contributed by atoms with Gasteiger partial charge in [-0.3, -0.25) is 4.79 Å². The number of hydrogen-bond acceptors (Lipinski definition) is 2. The molecule has 0 radical (unpaired) electrons. The van der Waals surface area contributed by atoms with Crippen molar-refractivity contribution in [3.8, 4) is 17.2 Å². The Bertz CT molecular complexity index is 895. The van der Waals surface area contributed by atoms with E-state index in [4.69, 9.17) is 0 Å². The van der Waals surface area contributed by atoms with Crippen LogP contribution < -0.4 is 5.32 Å². The van der Waals surface area contributed by atoms with E-state index in [1.54, 1.807) is 12.1 Å². The molecule has 3 heteroatoms. The Hall–Kier alpha value is -3.38. The number of nitrogens with one attached hydrogen (secondary N) is 1. The molecule has 0 saturated heterocycles. The zero-order valence-electron chi connectivity index (χ0n) is 13.1. The quantitative estimate of drug-likeness (QED) is 0.786. The molecule has 0 spiro atoms. The van der Waals surface area contributed by atoms with E-state index in [9.17, 15) is 10.1 Å². The maximum atomic E-state index is 12.6. The first-order valence-electron chi connectivity index (χ1n) is 7.70. The van der Waals surface area contributed by atoms with Gasteiger partial charge >= 0.3 is 0 Å². The third-order valence-corrected chi connectivity index (χ3v) is 3.81. The van der Waals surface area contributed by atoms with E-state index in [-0.39, 0.29) is 5.91 Å². The molecule has 0 aromatic heterocycles. The predicted molar refractivity (Wildman–Crippen MR) is 94.2 cm³/mol. The second kappa shape index (κ2) is 7.26. The molecule has 0 aliphatic carbocycles. The summed E-state index contributed by atoms with van der Waals surface area (Å²) in [6, 6.07) is 26.6. The van der Waals surface area contributed by atoms with Crippen molar-refractivity contribution in [2.24, 2.45) is 0 Å². The van der Waals surface area contributed by atoms with Crippen LogP contribution in [0.1, 0.15) is 21.5 Å². The lowest BCUT2D eigenvalue weighted by molar-refractivity contribution is 0.0951. The normalized spacial score (nSPS) is 9.96. The van der Waals surface area contributed by atoms with Gasteiger partial charge in [-0.05, 0) is 23.3 Å². The summed E-state index contributed by atoms with van der Waals surface area (Å²) in [4.78, 5) is 12.6.